The molecule has 0 spiro atoms. The van der Waals surface area contributed by atoms with Crippen LogP contribution in [0.2, 0.25) is 0 Å². The molecule has 5 heteroatoms. The first-order valence-electron chi connectivity index (χ1n) is 9.41. The summed E-state index contributed by atoms with van der Waals surface area (Å²) in [5.74, 6) is 2.37. The van der Waals surface area contributed by atoms with Gasteiger partial charge < -0.3 is 13.9 Å². The summed E-state index contributed by atoms with van der Waals surface area (Å²) in [6, 6.07) is 14.9. The fourth-order valence-electron chi connectivity index (χ4n) is 3.93. The van der Waals surface area contributed by atoms with Crippen LogP contribution in [-0.2, 0) is 6.54 Å². The van der Waals surface area contributed by atoms with Gasteiger partial charge in [-0.25, -0.2) is 4.98 Å². The molecule has 1 fully saturated rings. The summed E-state index contributed by atoms with van der Waals surface area (Å²) in [5, 5.41) is 0. The molecule has 27 heavy (non-hydrogen) atoms. The number of aromatic nitrogens is 1. The molecule has 3 heterocycles. The van der Waals surface area contributed by atoms with Gasteiger partial charge in [0.1, 0.15) is 6.26 Å². The van der Waals surface area contributed by atoms with Gasteiger partial charge in [-0.2, -0.15) is 0 Å². The van der Waals surface area contributed by atoms with Crippen LogP contribution in [-0.4, -0.2) is 23.2 Å². The second-order valence-electron chi connectivity index (χ2n) is 7.25. The highest BCUT2D eigenvalue weighted by atomic mass is 16.7. The van der Waals surface area contributed by atoms with E-state index < -0.39 is 0 Å². The Balaban J connectivity index is 1.33. The minimum atomic E-state index is 0.313. The number of nitrogens with zero attached hydrogens (tertiary/aromatic N) is 2. The Morgan fingerprint density at radius 2 is 1.93 bits per heavy atom. The fourth-order valence-corrected chi connectivity index (χ4v) is 3.93. The summed E-state index contributed by atoms with van der Waals surface area (Å²) in [7, 11) is 0. The fraction of sp³-hybridized carbons (Fsp3) is 0.318. The van der Waals surface area contributed by atoms with Crippen molar-refractivity contribution in [1.82, 2.24) is 9.88 Å². The topological polar surface area (TPSA) is 47.7 Å². The average Bonchev–Trinajstić information content (AvgIpc) is 3.42. The van der Waals surface area contributed by atoms with E-state index in [9.17, 15) is 0 Å². The minimum absolute atomic E-state index is 0.313. The Kier molecular flexibility index (Phi) is 4.09. The highest BCUT2D eigenvalue weighted by Gasteiger charge is 2.28. The van der Waals surface area contributed by atoms with Crippen molar-refractivity contribution >= 4 is 0 Å². The summed E-state index contributed by atoms with van der Waals surface area (Å²) in [6.45, 7) is 4.24. The highest BCUT2D eigenvalue weighted by molar-refractivity contribution is 5.53. The van der Waals surface area contributed by atoms with Crippen molar-refractivity contribution in [2.24, 2.45) is 0 Å². The van der Waals surface area contributed by atoms with Crippen LogP contribution in [0.15, 0.2) is 53.1 Å². The number of likely N-dealkylation sites (tertiary alicyclic amines) is 1. The molecule has 5 rings (SSSR count). The molecule has 138 valence electrons. The molecule has 2 aliphatic heterocycles. The molecule has 0 amide bonds. The average molecular weight is 362 g/mol. The summed E-state index contributed by atoms with van der Waals surface area (Å²) in [5.41, 5.74) is 4.49. The third-order valence-electron chi connectivity index (χ3n) is 5.36. The summed E-state index contributed by atoms with van der Waals surface area (Å²) in [6.07, 6.45) is 4.11. The second-order valence-corrected chi connectivity index (χ2v) is 7.25. The maximum absolute atomic E-state index is 5.73. The van der Waals surface area contributed by atoms with Crippen molar-refractivity contribution in [2.45, 2.75) is 32.4 Å². The Labute approximate surface area is 158 Å². The van der Waals surface area contributed by atoms with Crippen LogP contribution in [0.25, 0.3) is 11.5 Å². The van der Waals surface area contributed by atoms with Gasteiger partial charge in [-0.05, 0) is 56.1 Å². The van der Waals surface area contributed by atoms with E-state index in [0.717, 1.165) is 42.3 Å². The monoisotopic (exact) mass is 362 g/mol. The Hall–Kier alpha value is -2.79. The normalized spacial score (nSPS) is 18.9. The summed E-state index contributed by atoms with van der Waals surface area (Å²) in [4.78, 5) is 7.17. The van der Waals surface area contributed by atoms with Gasteiger partial charge in [-0.3, -0.25) is 4.90 Å². The molecule has 1 aromatic heterocycles. The van der Waals surface area contributed by atoms with Gasteiger partial charge in [-0.15, -0.1) is 0 Å². The van der Waals surface area contributed by atoms with Crippen LogP contribution in [0.4, 0.5) is 0 Å². The van der Waals surface area contributed by atoms with Crippen molar-refractivity contribution < 1.29 is 13.9 Å². The quantitative estimate of drug-likeness (QED) is 0.672. The molecule has 0 radical (unpaired) electrons. The summed E-state index contributed by atoms with van der Waals surface area (Å²) < 4.78 is 16.7. The zero-order valence-electron chi connectivity index (χ0n) is 15.4. The number of rotatable bonds is 4. The predicted octanol–water partition coefficient (Wildman–Crippen LogP) is 4.72. The van der Waals surface area contributed by atoms with Crippen molar-refractivity contribution in [1.29, 1.82) is 0 Å². The third kappa shape index (κ3) is 3.19. The van der Waals surface area contributed by atoms with Gasteiger partial charge in [0.15, 0.2) is 11.5 Å². The van der Waals surface area contributed by atoms with Crippen LogP contribution < -0.4 is 9.47 Å². The molecular weight excluding hydrogens is 340 g/mol. The van der Waals surface area contributed by atoms with Gasteiger partial charge >= 0.3 is 0 Å². The Bertz CT molecular complexity index is 948. The number of benzene rings is 2. The van der Waals surface area contributed by atoms with E-state index in [4.69, 9.17) is 18.9 Å². The molecule has 1 atom stereocenters. The molecule has 1 saturated heterocycles. The lowest BCUT2D eigenvalue weighted by Gasteiger charge is -2.24. The minimum Gasteiger partial charge on any atom is -0.454 e. The van der Waals surface area contributed by atoms with E-state index in [0.29, 0.717) is 18.7 Å². The molecule has 2 aliphatic rings. The maximum atomic E-state index is 5.73. The van der Waals surface area contributed by atoms with E-state index in [-0.39, 0.29) is 0 Å². The predicted molar refractivity (Wildman–Crippen MR) is 102 cm³/mol. The zero-order valence-corrected chi connectivity index (χ0v) is 15.4. The lowest BCUT2D eigenvalue weighted by atomic mass is 10.0. The number of ether oxygens (including phenoxy) is 2. The van der Waals surface area contributed by atoms with Crippen molar-refractivity contribution in [3.8, 4) is 23.0 Å². The smallest absolute Gasteiger partial charge is 0.231 e. The van der Waals surface area contributed by atoms with Crippen LogP contribution in [0.5, 0.6) is 11.5 Å². The van der Waals surface area contributed by atoms with Gasteiger partial charge in [0, 0.05) is 18.2 Å². The Morgan fingerprint density at radius 1 is 1.07 bits per heavy atom. The van der Waals surface area contributed by atoms with Gasteiger partial charge in [-0.1, -0.05) is 23.8 Å². The van der Waals surface area contributed by atoms with Crippen LogP contribution in [0, 0.1) is 6.92 Å². The van der Waals surface area contributed by atoms with Gasteiger partial charge in [0.25, 0.3) is 0 Å². The van der Waals surface area contributed by atoms with Crippen LogP contribution in [0.1, 0.15) is 35.7 Å². The number of fused-ring (bicyclic) bond motifs is 1. The second kappa shape index (κ2) is 6.74. The number of aryl methyl sites for hydroxylation is 1. The standard InChI is InChI=1S/C22H22N2O3/c1-15-4-6-16(7-5-15)22-23-18(13-25-22)12-24-10-2-3-19(24)17-8-9-20-21(11-17)27-14-26-20/h4-9,11,13,19H,2-3,10,12,14H2,1H3/t19-/m1/s1. The molecule has 0 bridgehead atoms. The molecule has 5 nitrogen and oxygen atoms in total. The van der Waals surface area contributed by atoms with Crippen molar-refractivity contribution in [3.63, 3.8) is 0 Å². The number of oxazole rings is 1. The molecule has 0 unspecified atom stereocenters. The Morgan fingerprint density at radius 3 is 2.81 bits per heavy atom. The molecule has 3 aromatic rings. The van der Waals surface area contributed by atoms with E-state index >= 15 is 0 Å². The van der Waals surface area contributed by atoms with E-state index in [1.165, 1.54) is 17.5 Å². The molecule has 0 saturated carbocycles. The SMILES string of the molecule is Cc1ccc(-c2nc(CN3CCC[C@@H]3c3ccc4c(c3)OCO4)co2)cc1. The van der Waals surface area contributed by atoms with Crippen LogP contribution >= 0.6 is 0 Å². The van der Waals surface area contributed by atoms with Gasteiger partial charge in [0.05, 0.1) is 5.69 Å². The third-order valence-corrected chi connectivity index (χ3v) is 5.36. The lowest BCUT2D eigenvalue weighted by molar-refractivity contribution is 0.173. The molecule has 0 N–H and O–H groups in total. The molecular formula is C22H22N2O3. The lowest BCUT2D eigenvalue weighted by Crippen LogP contribution is -2.22. The summed E-state index contributed by atoms with van der Waals surface area (Å²) >= 11 is 0. The first-order chi connectivity index (χ1) is 13.3. The van der Waals surface area contributed by atoms with E-state index in [1.807, 2.05) is 6.07 Å². The molecule has 0 aliphatic carbocycles. The van der Waals surface area contributed by atoms with E-state index in [1.54, 1.807) is 6.26 Å². The number of hydrogen-bond acceptors (Lipinski definition) is 5. The first kappa shape index (κ1) is 16.4. The van der Waals surface area contributed by atoms with Crippen molar-refractivity contribution in [3.05, 3.63) is 65.5 Å². The number of hydrogen-bond donors (Lipinski definition) is 0. The largest absolute Gasteiger partial charge is 0.454 e. The molecule has 2 aromatic carbocycles. The first-order valence-corrected chi connectivity index (χ1v) is 9.41. The zero-order chi connectivity index (χ0) is 18.2. The van der Waals surface area contributed by atoms with Gasteiger partial charge in [0.2, 0.25) is 12.7 Å². The van der Waals surface area contributed by atoms with Crippen molar-refractivity contribution in [2.75, 3.05) is 13.3 Å². The van der Waals surface area contributed by atoms with Crippen LogP contribution in [0.3, 0.4) is 0 Å². The van der Waals surface area contributed by atoms with E-state index in [2.05, 4.69) is 48.2 Å². The highest BCUT2D eigenvalue weighted by Crippen LogP contribution is 2.39. The maximum Gasteiger partial charge on any atom is 0.231 e.